The van der Waals surface area contributed by atoms with Crippen LogP contribution < -0.4 is 10.2 Å². The normalized spacial score (nSPS) is 9.80. The number of para-hydroxylation sites is 1. The monoisotopic (exact) mass is 282 g/mol. The van der Waals surface area contributed by atoms with Gasteiger partial charge in [0.15, 0.2) is 5.11 Å². The van der Waals surface area contributed by atoms with E-state index in [-0.39, 0.29) is 0 Å². The zero-order valence-corrected chi connectivity index (χ0v) is 12.1. The molecule has 0 aromatic heterocycles. The third-order valence-electron chi connectivity index (χ3n) is 2.89. The van der Waals surface area contributed by atoms with Crippen molar-refractivity contribution >= 4 is 23.0 Å². The molecule has 0 bridgehead atoms. The molecule has 0 spiro atoms. The topological polar surface area (TPSA) is 15.3 Å². The number of nitrogens with one attached hydrogen (secondary N) is 1. The summed E-state index contributed by atoms with van der Waals surface area (Å²) in [5, 5.41) is 3.90. The van der Waals surface area contributed by atoms with Crippen molar-refractivity contribution in [2.24, 2.45) is 0 Å². The van der Waals surface area contributed by atoms with E-state index in [1.54, 1.807) is 6.08 Å². The summed E-state index contributed by atoms with van der Waals surface area (Å²) >= 11 is 5.49. The van der Waals surface area contributed by atoms with Crippen LogP contribution in [0.5, 0.6) is 0 Å². The maximum absolute atomic E-state index is 5.49. The van der Waals surface area contributed by atoms with Crippen LogP contribution >= 0.6 is 12.2 Å². The van der Waals surface area contributed by atoms with Crippen molar-refractivity contribution in [1.82, 2.24) is 5.32 Å². The van der Waals surface area contributed by atoms with E-state index in [9.17, 15) is 0 Å². The Hall–Kier alpha value is -2.13. The molecule has 0 heterocycles. The lowest BCUT2D eigenvalue weighted by Gasteiger charge is -2.26. The van der Waals surface area contributed by atoms with Gasteiger partial charge < -0.3 is 10.2 Å². The van der Waals surface area contributed by atoms with Gasteiger partial charge >= 0.3 is 0 Å². The lowest BCUT2D eigenvalue weighted by Crippen LogP contribution is -2.39. The van der Waals surface area contributed by atoms with E-state index >= 15 is 0 Å². The first-order valence-corrected chi connectivity index (χ1v) is 6.97. The van der Waals surface area contributed by atoms with Gasteiger partial charge in [-0.15, -0.1) is 6.58 Å². The largest absolute Gasteiger partial charge is 0.359 e. The van der Waals surface area contributed by atoms with Gasteiger partial charge in [-0.25, -0.2) is 0 Å². The Labute approximate surface area is 125 Å². The molecule has 0 radical (unpaired) electrons. The van der Waals surface area contributed by atoms with Crippen LogP contribution in [-0.4, -0.2) is 11.7 Å². The van der Waals surface area contributed by atoms with Crippen molar-refractivity contribution in [1.29, 1.82) is 0 Å². The number of thiocarbonyl (C=S) groups is 1. The van der Waals surface area contributed by atoms with Crippen LogP contribution in [0.4, 0.5) is 5.69 Å². The minimum Gasteiger partial charge on any atom is -0.359 e. The van der Waals surface area contributed by atoms with Gasteiger partial charge in [0.25, 0.3) is 0 Å². The summed E-state index contributed by atoms with van der Waals surface area (Å²) < 4.78 is 0. The summed E-state index contributed by atoms with van der Waals surface area (Å²) in [6.07, 6.45) is 1.80. The summed E-state index contributed by atoms with van der Waals surface area (Å²) in [5.41, 5.74) is 2.30. The predicted molar refractivity (Wildman–Crippen MR) is 89.9 cm³/mol. The fraction of sp³-hybridized carbons (Fsp3) is 0.118. The first-order valence-electron chi connectivity index (χ1n) is 6.56. The van der Waals surface area contributed by atoms with Crippen molar-refractivity contribution < 1.29 is 0 Å². The van der Waals surface area contributed by atoms with Crippen LogP contribution in [0, 0.1) is 0 Å². The van der Waals surface area contributed by atoms with Gasteiger partial charge in [-0.05, 0) is 29.9 Å². The molecule has 0 saturated carbocycles. The molecule has 2 rings (SSSR count). The molecule has 3 heteroatoms. The Morgan fingerprint density at radius 2 is 1.65 bits per heavy atom. The van der Waals surface area contributed by atoms with Crippen LogP contribution in [0.25, 0.3) is 0 Å². The number of anilines is 1. The fourth-order valence-corrected chi connectivity index (χ4v) is 2.16. The number of nitrogens with zero attached hydrogens (tertiary/aromatic N) is 1. The average molecular weight is 282 g/mol. The third-order valence-corrected chi connectivity index (χ3v) is 3.26. The highest BCUT2D eigenvalue weighted by atomic mass is 32.1. The summed E-state index contributed by atoms with van der Waals surface area (Å²) in [5.74, 6) is 0. The van der Waals surface area contributed by atoms with Gasteiger partial charge in [0, 0.05) is 12.2 Å². The van der Waals surface area contributed by atoms with Gasteiger partial charge in [-0.1, -0.05) is 54.6 Å². The number of rotatable bonds is 5. The molecule has 0 aliphatic rings. The summed E-state index contributed by atoms with van der Waals surface area (Å²) in [4.78, 5) is 2.09. The first-order chi connectivity index (χ1) is 9.81. The Morgan fingerprint density at radius 3 is 2.25 bits per heavy atom. The smallest absolute Gasteiger partial charge is 0.174 e. The van der Waals surface area contributed by atoms with E-state index in [0.717, 1.165) is 12.2 Å². The lowest BCUT2D eigenvalue weighted by atomic mass is 10.2. The standard InChI is InChI=1S/C17H18N2S/c1-2-13-18-17(20)19(16-11-7-4-8-12-16)14-15-9-5-3-6-10-15/h2-12H,1,13-14H2,(H,18,20). The van der Waals surface area contributed by atoms with Crippen molar-refractivity contribution in [2.75, 3.05) is 11.4 Å². The molecule has 0 atom stereocenters. The number of benzene rings is 2. The zero-order chi connectivity index (χ0) is 14.2. The van der Waals surface area contributed by atoms with Crippen molar-refractivity contribution in [3.05, 3.63) is 78.9 Å². The van der Waals surface area contributed by atoms with Gasteiger partial charge in [-0.2, -0.15) is 0 Å². The Kier molecular flexibility index (Phi) is 5.33. The predicted octanol–water partition coefficient (Wildman–Crippen LogP) is 3.75. The fourth-order valence-electron chi connectivity index (χ4n) is 1.91. The maximum Gasteiger partial charge on any atom is 0.174 e. The van der Waals surface area contributed by atoms with Gasteiger partial charge in [0.2, 0.25) is 0 Å². The minimum absolute atomic E-state index is 0.664. The average Bonchev–Trinajstić information content (AvgIpc) is 2.52. The molecule has 0 fully saturated rings. The molecular formula is C17H18N2S. The van der Waals surface area contributed by atoms with E-state index < -0.39 is 0 Å². The lowest BCUT2D eigenvalue weighted by molar-refractivity contribution is 0.944. The second-order valence-electron chi connectivity index (χ2n) is 4.38. The van der Waals surface area contributed by atoms with E-state index in [1.165, 1.54) is 5.56 Å². The molecule has 2 aromatic rings. The SMILES string of the molecule is C=CCNC(=S)N(Cc1ccccc1)c1ccccc1. The highest BCUT2D eigenvalue weighted by molar-refractivity contribution is 7.80. The number of hydrogen-bond donors (Lipinski definition) is 1. The van der Waals surface area contributed by atoms with E-state index in [2.05, 4.69) is 41.1 Å². The molecule has 0 unspecified atom stereocenters. The van der Waals surface area contributed by atoms with E-state index in [1.807, 2.05) is 36.4 Å². The second kappa shape index (κ2) is 7.46. The number of hydrogen-bond acceptors (Lipinski definition) is 1. The quantitative estimate of drug-likeness (QED) is 0.664. The molecule has 2 aromatic carbocycles. The van der Waals surface area contributed by atoms with Crippen molar-refractivity contribution in [3.8, 4) is 0 Å². The highest BCUT2D eigenvalue weighted by Crippen LogP contribution is 2.17. The van der Waals surface area contributed by atoms with Crippen LogP contribution in [0.1, 0.15) is 5.56 Å². The summed E-state index contributed by atoms with van der Waals surface area (Å²) in [7, 11) is 0. The van der Waals surface area contributed by atoms with E-state index in [0.29, 0.717) is 11.7 Å². The van der Waals surface area contributed by atoms with Crippen molar-refractivity contribution in [2.45, 2.75) is 6.54 Å². The minimum atomic E-state index is 0.664. The second-order valence-corrected chi connectivity index (χ2v) is 4.77. The molecule has 0 saturated heterocycles. The zero-order valence-electron chi connectivity index (χ0n) is 11.3. The summed E-state index contributed by atoms with van der Waals surface area (Å²) in [6, 6.07) is 20.5. The molecule has 2 nitrogen and oxygen atoms in total. The molecule has 1 N–H and O–H groups in total. The molecule has 0 aliphatic carbocycles. The van der Waals surface area contributed by atoms with Crippen LogP contribution in [0.2, 0.25) is 0 Å². The maximum atomic E-state index is 5.49. The molecule has 0 amide bonds. The molecule has 0 aliphatic heterocycles. The van der Waals surface area contributed by atoms with Gasteiger partial charge in [0.05, 0.1) is 6.54 Å². The highest BCUT2D eigenvalue weighted by Gasteiger charge is 2.11. The van der Waals surface area contributed by atoms with Crippen molar-refractivity contribution in [3.63, 3.8) is 0 Å². The van der Waals surface area contributed by atoms with Crippen LogP contribution in [0.3, 0.4) is 0 Å². The first kappa shape index (κ1) is 14.3. The Morgan fingerprint density at radius 1 is 1.05 bits per heavy atom. The van der Waals surface area contributed by atoms with E-state index in [4.69, 9.17) is 12.2 Å². The molecule has 102 valence electrons. The Balaban J connectivity index is 2.20. The summed E-state index contributed by atoms with van der Waals surface area (Å²) in [6.45, 7) is 5.12. The Bertz CT molecular complexity index is 552. The van der Waals surface area contributed by atoms with Gasteiger partial charge in [-0.3, -0.25) is 0 Å². The van der Waals surface area contributed by atoms with Gasteiger partial charge in [0.1, 0.15) is 0 Å². The van der Waals surface area contributed by atoms with Crippen LogP contribution in [0.15, 0.2) is 73.3 Å². The third kappa shape index (κ3) is 3.93. The molecular weight excluding hydrogens is 264 g/mol. The van der Waals surface area contributed by atoms with Crippen LogP contribution in [-0.2, 0) is 6.54 Å². The molecule has 20 heavy (non-hydrogen) atoms.